The van der Waals surface area contributed by atoms with Gasteiger partial charge in [0.15, 0.2) is 0 Å². The lowest BCUT2D eigenvalue weighted by Crippen LogP contribution is -2.17. The maximum atomic E-state index is 12.7. The molecule has 0 spiro atoms. The number of hydrogen-bond donors (Lipinski definition) is 1. The van der Waals surface area contributed by atoms with Gasteiger partial charge in [-0.05, 0) is 48.9 Å². The van der Waals surface area contributed by atoms with Crippen LogP contribution in [0, 0.1) is 0 Å². The molecule has 0 unspecified atom stereocenters. The van der Waals surface area contributed by atoms with Crippen LogP contribution in [0.1, 0.15) is 25.3 Å². The Labute approximate surface area is 204 Å². The van der Waals surface area contributed by atoms with E-state index in [0.29, 0.717) is 28.1 Å². The minimum atomic E-state index is -0.392. The van der Waals surface area contributed by atoms with Crippen LogP contribution in [0.5, 0.6) is 5.75 Å². The lowest BCUT2D eigenvalue weighted by Gasteiger charge is -2.08. The quantitative estimate of drug-likeness (QED) is 0.166. The van der Waals surface area contributed by atoms with E-state index in [9.17, 15) is 9.90 Å². The van der Waals surface area contributed by atoms with Gasteiger partial charge < -0.3 is 14.1 Å². The van der Waals surface area contributed by atoms with E-state index in [4.69, 9.17) is 4.42 Å². The third kappa shape index (κ3) is 4.95. The standard InChI is InChI=1S/C23H19Br2N3O3S/c1-2-3-8-28-19(18-11-14-9-17(25)5-7-21(14)31-22(18)30)13-32-23(28)27-26-12-15-10-16(24)4-6-20(15)29/h4-7,9-13,29H,2-3,8H2,1H3/b26-12-,27-23+. The summed E-state index contributed by atoms with van der Waals surface area (Å²) in [6.07, 6.45) is 3.43. The largest absolute Gasteiger partial charge is 0.507 e. The molecule has 0 atom stereocenters. The predicted molar refractivity (Wildman–Crippen MR) is 135 cm³/mol. The van der Waals surface area contributed by atoms with Gasteiger partial charge >= 0.3 is 5.63 Å². The van der Waals surface area contributed by atoms with Crippen molar-refractivity contribution in [3.63, 3.8) is 0 Å². The zero-order valence-corrected chi connectivity index (χ0v) is 21.1. The van der Waals surface area contributed by atoms with Crippen molar-refractivity contribution in [2.75, 3.05) is 0 Å². The smallest absolute Gasteiger partial charge is 0.345 e. The van der Waals surface area contributed by atoms with E-state index in [0.717, 1.165) is 32.9 Å². The van der Waals surface area contributed by atoms with Crippen LogP contribution in [-0.2, 0) is 6.54 Å². The average Bonchev–Trinajstić information content (AvgIpc) is 3.16. The normalized spacial score (nSPS) is 12.3. The molecule has 6 nitrogen and oxygen atoms in total. The van der Waals surface area contributed by atoms with Crippen LogP contribution in [0.4, 0.5) is 0 Å². The van der Waals surface area contributed by atoms with E-state index in [-0.39, 0.29) is 5.75 Å². The number of halogens is 2. The minimum absolute atomic E-state index is 0.123. The highest BCUT2D eigenvalue weighted by molar-refractivity contribution is 9.10. The van der Waals surface area contributed by atoms with Crippen molar-refractivity contribution < 1.29 is 9.52 Å². The van der Waals surface area contributed by atoms with Gasteiger partial charge in [0.1, 0.15) is 11.3 Å². The molecule has 0 saturated carbocycles. The van der Waals surface area contributed by atoms with Crippen LogP contribution >= 0.6 is 43.2 Å². The Morgan fingerprint density at radius 3 is 2.75 bits per heavy atom. The SMILES string of the molecule is CCCCn1c(-c2cc3cc(Br)ccc3oc2=O)cs/c1=N/N=C\c1cc(Br)ccc1O. The molecule has 2 aromatic carbocycles. The summed E-state index contributed by atoms with van der Waals surface area (Å²) < 4.78 is 9.29. The summed E-state index contributed by atoms with van der Waals surface area (Å²) in [5, 5.41) is 21.3. The number of phenolic OH excluding ortho intramolecular Hbond substituents is 1. The molecule has 0 saturated heterocycles. The Bertz CT molecular complexity index is 1440. The fourth-order valence-electron chi connectivity index (χ4n) is 3.20. The second-order valence-electron chi connectivity index (χ2n) is 7.09. The molecule has 4 aromatic rings. The third-order valence-electron chi connectivity index (χ3n) is 4.83. The zero-order valence-electron chi connectivity index (χ0n) is 17.1. The average molecular weight is 577 g/mol. The molecule has 1 N–H and O–H groups in total. The van der Waals surface area contributed by atoms with Gasteiger partial charge in [-0.1, -0.05) is 45.2 Å². The molecule has 0 bridgehead atoms. The van der Waals surface area contributed by atoms with E-state index >= 15 is 0 Å². The van der Waals surface area contributed by atoms with E-state index < -0.39 is 5.63 Å². The minimum Gasteiger partial charge on any atom is -0.507 e. The summed E-state index contributed by atoms with van der Waals surface area (Å²) in [5.41, 5.74) is 1.94. The number of unbranched alkanes of at least 4 members (excludes halogenated alkanes) is 1. The Kier molecular flexibility index (Phi) is 7.07. The van der Waals surface area contributed by atoms with E-state index in [2.05, 4.69) is 49.0 Å². The number of aromatic hydroxyl groups is 1. The third-order valence-corrected chi connectivity index (χ3v) is 6.67. The van der Waals surface area contributed by atoms with Crippen molar-refractivity contribution >= 4 is 60.4 Å². The number of fused-ring (bicyclic) bond motifs is 1. The first-order chi connectivity index (χ1) is 15.5. The number of aromatic nitrogens is 1. The van der Waals surface area contributed by atoms with Crippen molar-refractivity contribution in [3.05, 3.63) is 77.6 Å². The Hall–Kier alpha value is -2.49. The predicted octanol–water partition coefficient (Wildman–Crippen LogP) is 6.29. The number of thiazole rings is 1. The van der Waals surface area contributed by atoms with Gasteiger partial charge in [-0.3, -0.25) is 0 Å². The number of benzene rings is 2. The molecule has 4 rings (SSSR count). The Morgan fingerprint density at radius 1 is 1.16 bits per heavy atom. The lowest BCUT2D eigenvalue weighted by molar-refractivity contribution is 0.474. The van der Waals surface area contributed by atoms with E-state index in [1.54, 1.807) is 24.3 Å². The van der Waals surface area contributed by atoms with E-state index in [1.165, 1.54) is 17.6 Å². The molecular weight excluding hydrogens is 558 g/mol. The van der Waals surface area contributed by atoms with Crippen LogP contribution < -0.4 is 10.4 Å². The molecular formula is C23H19Br2N3O3S. The topological polar surface area (TPSA) is 80.1 Å². The molecule has 0 aliphatic carbocycles. The summed E-state index contributed by atoms with van der Waals surface area (Å²) in [5.74, 6) is 0.123. The summed E-state index contributed by atoms with van der Waals surface area (Å²) in [6.45, 7) is 2.81. The zero-order chi connectivity index (χ0) is 22.7. The van der Waals surface area contributed by atoms with Crippen molar-refractivity contribution in [2.24, 2.45) is 10.2 Å². The molecule has 0 amide bonds. The van der Waals surface area contributed by atoms with Crippen molar-refractivity contribution in [2.45, 2.75) is 26.3 Å². The van der Waals surface area contributed by atoms with Crippen molar-refractivity contribution in [1.29, 1.82) is 0 Å². The molecule has 164 valence electrons. The van der Waals surface area contributed by atoms with Gasteiger partial charge in [0.05, 0.1) is 17.5 Å². The summed E-state index contributed by atoms with van der Waals surface area (Å²) in [4.78, 5) is 13.4. The monoisotopic (exact) mass is 575 g/mol. The Balaban J connectivity index is 1.79. The lowest BCUT2D eigenvalue weighted by atomic mass is 10.1. The Morgan fingerprint density at radius 2 is 1.94 bits per heavy atom. The molecule has 0 aliphatic heterocycles. The fraction of sp³-hybridized carbons (Fsp3) is 0.174. The van der Waals surface area contributed by atoms with Gasteiger partial charge in [0, 0.05) is 31.8 Å². The molecule has 32 heavy (non-hydrogen) atoms. The maximum Gasteiger partial charge on any atom is 0.345 e. The summed E-state index contributed by atoms with van der Waals surface area (Å²) >= 11 is 8.25. The second kappa shape index (κ2) is 9.97. The second-order valence-corrected chi connectivity index (χ2v) is 9.75. The first-order valence-electron chi connectivity index (χ1n) is 9.94. The molecule has 9 heteroatoms. The van der Waals surface area contributed by atoms with Gasteiger partial charge in [-0.15, -0.1) is 16.4 Å². The highest BCUT2D eigenvalue weighted by atomic mass is 79.9. The first kappa shape index (κ1) is 22.7. The van der Waals surface area contributed by atoms with Crippen LogP contribution in [0.25, 0.3) is 22.2 Å². The first-order valence-corrected chi connectivity index (χ1v) is 12.4. The van der Waals surface area contributed by atoms with E-state index in [1.807, 2.05) is 28.1 Å². The van der Waals surface area contributed by atoms with Crippen LogP contribution in [0.15, 0.2) is 76.2 Å². The van der Waals surface area contributed by atoms with Crippen molar-refractivity contribution in [1.82, 2.24) is 4.57 Å². The number of nitrogens with zero attached hydrogens (tertiary/aromatic N) is 3. The summed E-state index contributed by atoms with van der Waals surface area (Å²) in [7, 11) is 0. The highest BCUT2D eigenvalue weighted by Gasteiger charge is 2.14. The van der Waals surface area contributed by atoms with Gasteiger partial charge in [0.2, 0.25) is 4.80 Å². The molecule has 2 heterocycles. The van der Waals surface area contributed by atoms with Crippen LogP contribution in [0.2, 0.25) is 0 Å². The van der Waals surface area contributed by atoms with Gasteiger partial charge in [0.25, 0.3) is 0 Å². The fourth-order valence-corrected chi connectivity index (χ4v) is 4.84. The van der Waals surface area contributed by atoms with Crippen LogP contribution in [-0.4, -0.2) is 15.9 Å². The molecule has 0 fully saturated rings. The van der Waals surface area contributed by atoms with Gasteiger partial charge in [-0.2, -0.15) is 5.10 Å². The number of phenols is 1. The number of rotatable bonds is 6. The maximum absolute atomic E-state index is 12.7. The highest BCUT2D eigenvalue weighted by Crippen LogP contribution is 2.25. The molecule has 0 aliphatic rings. The summed E-state index contributed by atoms with van der Waals surface area (Å²) in [6, 6.07) is 12.5. The van der Waals surface area contributed by atoms with Crippen molar-refractivity contribution in [3.8, 4) is 17.0 Å². The molecule has 0 radical (unpaired) electrons. The number of hydrogen-bond acceptors (Lipinski definition) is 6. The molecule has 2 aromatic heterocycles. The van der Waals surface area contributed by atoms with Gasteiger partial charge in [-0.25, -0.2) is 4.79 Å². The van der Waals surface area contributed by atoms with Crippen LogP contribution in [0.3, 0.4) is 0 Å².